The summed E-state index contributed by atoms with van der Waals surface area (Å²) in [7, 11) is -3.64. The normalized spacial score (nSPS) is 24.4. The van der Waals surface area contributed by atoms with Gasteiger partial charge >= 0.3 is 0 Å². The summed E-state index contributed by atoms with van der Waals surface area (Å²) in [6, 6.07) is 9.64. The predicted octanol–water partition coefficient (Wildman–Crippen LogP) is 1.43. The zero-order valence-corrected chi connectivity index (χ0v) is 14.9. The van der Waals surface area contributed by atoms with Crippen molar-refractivity contribution in [2.75, 3.05) is 13.1 Å². The standard InChI is InChI=1S/C18H19N3O4S/c22-18(13-5-9-19-10-6-13)21-11-7-14-15(8-12-21)25-16-3-1-2-4-17(16)26(23,24)20-14/h1-6,9-10,14-15,20H,7-8,11-12H2/t14-,15-/m0/s1. The Morgan fingerprint density at radius 2 is 1.85 bits per heavy atom. The van der Waals surface area contributed by atoms with Gasteiger partial charge in [0, 0.05) is 37.5 Å². The number of rotatable bonds is 1. The van der Waals surface area contributed by atoms with Crippen molar-refractivity contribution in [1.29, 1.82) is 0 Å². The lowest BCUT2D eigenvalue weighted by molar-refractivity contribution is 0.0755. The highest BCUT2D eigenvalue weighted by atomic mass is 32.2. The molecule has 0 saturated carbocycles. The number of hydrogen-bond donors (Lipinski definition) is 1. The molecule has 1 amide bonds. The minimum absolute atomic E-state index is 0.0767. The van der Waals surface area contributed by atoms with Gasteiger partial charge in [0.2, 0.25) is 10.0 Å². The smallest absolute Gasteiger partial charge is 0.253 e. The second-order valence-electron chi connectivity index (χ2n) is 6.44. The van der Waals surface area contributed by atoms with Gasteiger partial charge in [-0.05, 0) is 30.7 Å². The van der Waals surface area contributed by atoms with Crippen molar-refractivity contribution in [1.82, 2.24) is 14.6 Å². The summed E-state index contributed by atoms with van der Waals surface area (Å²) < 4.78 is 34.0. The lowest BCUT2D eigenvalue weighted by Gasteiger charge is -2.22. The molecule has 1 aromatic carbocycles. The topological polar surface area (TPSA) is 88.6 Å². The van der Waals surface area contributed by atoms with Crippen molar-refractivity contribution in [3.05, 3.63) is 54.4 Å². The molecule has 1 N–H and O–H groups in total. The van der Waals surface area contributed by atoms with Gasteiger partial charge in [-0.25, -0.2) is 13.1 Å². The number of ether oxygens (including phenoxy) is 1. The van der Waals surface area contributed by atoms with Crippen LogP contribution in [0.1, 0.15) is 23.2 Å². The first-order chi connectivity index (χ1) is 12.5. The SMILES string of the molecule is O=C(c1ccncc1)N1CC[C@@H]2NS(=O)(=O)c3ccccc3O[C@H]2CC1. The van der Waals surface area contributed by atoms with E-state index in [1.807, 2.05) is 0 Å². The molecular formula is C18H19N3O4S. The van der Waals surface area contributed by atoms with E-state index in [-0.39, 0.29) is 22.9 Å². The third-order valence-electron chi connectivity index (χ3n) is 4.78. The number of nitrogens with one attached hydrogen (secondary N) is 1. The van der Waals surface area contributed by atoms with Crippen molar-refractivity contribution >= 4 is 15.9 Å². The predicted molar refractivity (Wildman–Crippen MR) is 94.3 cm³/mol. The van der Waals surface area contributed by atoms with E-state index in [0.29, 0.717) is 37.2 Å². The van der Waals surface area contributed by atoms with Gasteiger partial charge in [0.05, 0.1) is 6.04 Å². The molecule has 26 heavy (non-hydrogen) atoms. The number of para-hydroxylation sites is 1. The van der Waals surface area contributed by atoms with Crippen LogP contribution in [-0.4, -0.2) is 49.4 Å². The molecule has 0 aliphatic carbocycles. The van der Waals surface area contributed by atoms with Gasteiger partial charge in [-0.15, -0.1) is 0 Å². The molecule has 0 radical (unpaired) electrons. The average Bonchev–Trinajstić information content (AvgIpc) is 2.90. The molecule has 2 aliphatic heterocycles. The molecule has 1 aromatic heterocycles. The van der Waals surface area contributed by atoms with Crippen molar-refractivity contribution in [3.8, 4) is 5.75 Å². The number of pyridine rings is 1. The number of carbonyl (C=O) groups is 1. The quantitative estimate of drug-likeness (QED) is 0.817. The number of fused-ring (bicyclic) bond motifs is 2. The van der Waals surface area contributed by atoms with Crippen molar-refractivity contribution in [2.24, 2.45) is 0 Å². The zero-order valence-electron chi connectivity index (χ0n) is 14.0. The highest BCUT2D eigenvalue weighted by Gasteiger charge is 2.37. The van der Waals surface area contributed by atoms with E-state index < -0.39 is 10.0 Å². The summed E-state index contributed by atoms with van der Waals surface area (Å²) in [6.07, 6.45) is 3.91. The Bertz CT molecular complexity index is 917. The Balaban J connectivity index is 1.57. The van der Waals surface area contributed by atoms with Crippen molar-refractivity contribution in [2.45, 2.75) is 29.9 Å². The van der Waals surface area contributed by atoms with E-state index in [1.54, 1.807) is 53.7 Å². The summed E-state index contributed by atoms with van der Waals surface area (Å²) in [4.78, 5) is 18.5. The lowest BCUT2D eigenvalue weighted by atomic mass is 10.1. The number of amides is 1. The molecule has 0 unspecified atom stereocenters. The van der Waals surface area contributed by atoms with Crippen LogP contribution >= 0.6 is 0 Å². The van der Waals surface area contributed by atoms with E-state index in [9.17, 15) is 13.2 Å². The number of hydrogen-bond acceptors (Lipinski definition) is 5. The van der Waals surface area contributed by atoms with Crippen LogP contribution in [0.3, 0.4) is 0 Å². The van der Waals surface area contributed by atoms with Crippen LogP contribution in [0.4, 0.5) is 0 Å². The summed E-state index contributed by atoms with van der Waals surface area (Å²) in [5, 5.41) is 0. The monoisotopic (exact) mass is 373 g/mol. The van der Waals surface area contributed by atoms with Crippen LogP contribution in [0.25, 0.3) is 0 Å². The maximum atomic E-state index is 12.7. The first-order valence-electron chi connectivity index (χ1n) is 8.52. The van der Waals surface area contributed by atoms with Gasteiger partial charge in [-0.3, -0.25) is 9.78 Å². The minimum atomic E-state index is -3.64. The third-order valence-corrected chi connectivity index (χ3v) is 6.31. The highest BCUT2D eigenvalue weighted by molar-refractivity contribution is 7.89. The molecule has 7 nitrogen and oxygen atoms in total. The van der Waals surface area contributed by atoms with E-state index in [0.717, 1.165) is 0 Å². The number of benzene rings is 1. The maximum Gasteiger partial charge on any atom is 0.253 e. The van der Waals surface area contributed by atoms with Gasteiger partial charge < -0.3 is 9.64 Å². The minimum Gasteiger partial charge on any atom is -0.487 e. The Kier molecular flexibility index (Phi) is 4.37. The number of likely N-dealkylation sites (tertiary alicyclic amines) is 1. The number of sulfonamides is 1. The Hall–Kier alpha value is -2.45. The van der Waals surface area contributed by atoms with Gasteiger partial charge in [-0.2, -0.15) is 0 Å². The molecule has 1 fully saturated rings. The summed E-state index contributed by atoms with van der Waals surface area (Å²) in [6.45, 7) is 0.969. The highest BCUT2D eigenvalue weighted by Crippen LogP contribution is 2.31. The second kappa shape index (κ2) is 6.69. The number of nitrogens with zero attached hydrogens (tertiary/aromatic N) is 2. The molecule has 2 atom stereocenters. The largest absolute Gasteiger partial charge is 0.487 e. The summed E-state index contributed by atoms with van der Waals surface area (Å²) in [5.74, 6) is 0.286. The summed E-state index contributed by atoms with van der Waals surface area (Å²) in [5.41, 5.74) is 0.578. The molecule has 8 heteroatoms. The fourth-order valence-corrected chi connectivity index (χ4v) is 4.86. The fraction of sp³-hybridized carbons (Fsp3) is 0.333. The molecule has 1 saturated heterocycles. The first kappa shape index (κ1) is 17.0. The van der Waals surface area contributed by atoms with Crippen molar-refractivity contribution < 1.29 is 17.9 Å². The van der Waals surface area contributed by atoms with Crippen LogP contribution in [0.2, 0.25) is 0 Å². The van der Waals surface area contributed by atoms with E-state index in [1.165, 1.54) is 0 Å². The Labute approximate surface area is 152 Å². The van der Waals surface area contributed by atoms with Crippen LogP contribution in [-0.2, 0) is 10.0 Å². The first-order valence-corrected chi connectivity index (χ1v) is 10.0. The molecule has 136 valence electrons. The van der Waals surface area contributed by atoms with E-state index in [4.69, 9.17) is 4.74 Å². The van der Waals surface area contributed by atoms with Crippen LogP contribution in [0.5, 0.6) is 5.75 Å². The molecular weight excluding hydrogens is 354 g/mol. The third kappa shape index (κ3) is 3.17. The van der Waals surface area contributed by atoms with Crippen LogP contribution < -0.4 is 9.46 Å². The number of carbonyl (C=O) groups excluding carboxylic acids is 1. The molecule has 2 aliphatic rings. The molecule has 4 rings (SSSR count). The maximum absolute atomic E-state index is 12.7. The van der Waals surface area contributed by atoms with Gasteiger partial charge in [0.15, 0.2) is 0 Å². The zero-order chi connectivity index (χ0) is 18.1. The molecule has 2 aromatic rings. The molecule has 0 bridgehead atoms. The van der Waals surface area contributed by atoms with Crippen LogP contribution in [0, 0.1) is 0 Å². The summed E-state index contributed by atoms with van der Waals surface area (Å²) >= 11 is 0. The average molecular weight is 373 g/mol. The van der Waals surface area contributed by atoms with E-state index >= 15 is 0 Å². The number of aromatic nitrogens is 1. The van der Waals surface area contributed by atoms with Gasteiger partial charge in [0.1, 0.15) is 16.7 Å². The van der Waals surface area contributed by atoms with Crippen LogP contribution in [0.15, 0.2) is 53.7 Å². The van der Waals surface area contributed by atoms with E-state index in [2.05, 4.69) is 9.71 Å². The van der Waals surface area contributed by atoms with Gasteiger partial charge in [-0.1, -0.05) is 12.1 Å². The molecule has 0 spiro atoms. The Morgan fingerprint density at radius 1 is 1.12 bits per heavy atom. The second-order valence-corrected chi connectivity index (χ2v) is 8.12. The Morgan fingerprint density at radius 3 is 2.65 bits per heavy atom. The fourth-order valence-electron chi connectivity index (χ4n) is 3.43. The van der Waals surface area contributed by atoms with Gasteiger partial charge in [0.25, 0.3) is 5.91 Å². The lowest BCUT2D eigenvalue weighted by Crippen LogP contribution is -2.43. The molecule has 3 heterocycles. The van der Waals surface area contributed by atoms with Crippen molar-refractivity contribution in [3.63, 3.8) is 0 Å².